The van der Waals surface area contributed by atoms with Crippen LogP contribution in [0.15, 0.2) is 70.0 Å². The minimum absolute atomic E-state index is 0.171. The van der Waals surface area contributed by atoms with Crippen molar-refractivity contribution in [2.24, 2.45) is 0 Å². The van der Waals surface area contributed by atoms with Gasteiger partial charge in [-0.2, -0.15) is 0 Å². The first kappa shape index (κ1) is 19.2. The van der Waals surface area contributed by atoms with E-state index in [4.69, 9.17) is 16.0 Å². The molecule has 27 heavy (non-hydrogen) atoms. The molecule has 0 fully saturated rings. The molecule has 0 saturated carbocycles. The van der Waals surface area contributed by atoms with Crippen molar-refractivity contribution in [3.63, 3.8) is 0 Å². The topological polar surface area (TPSA) is 76.4 Å². The second kappa shape index (κ2) is 7.58. The lowest BCUT2D eigenvalue weighted by Gasteiger charge is -2.13. The average Bonchev–Trinajstić information content (AvgIpc) is 3.11. The lowest BCUT2D eigenvalue weighted by molar-refractivity contribution is 0.0912. The van der Waals surface area contributed by atoms with Gasteiger partial charge < -0.3 is 9.73 Å². The van der Waals surface area contributed by atoms with E-state index in [0.29, 0.717) is 16.3 Å². The van der Waals surface area contributed by atoms with E-state index in [0.717, 1.165) is 11.8 Å². The van der Waals surface area contributed by atoms with Crippen molar-refractivity contribution in [3.05, 3.63) is 77.0 Å². The van der Waals surface area contributed by atoms with Gasteiger partial charge in [-0.1, -0.05) is 35.9 Å². The highest BCUT2D eigenvalue weighted by Crippen LogP contribution is 2.29. The molecule has 0 aliphatic heterocycles. The van der Waals surface area contributed by atoms with E-state index in [-0.39, 0.29) is 22.6 Å². The molecular weight excluding hydrogens is 386 g/mol. The molecule has 1 aromatic heterocycles. The minimum atomic E-state index is -3.25. The number of furan rings is 1. The zero-order chi connectivity index (χ0) is 19.6. The molecule has 0 radical (unpaired) electrons. The monoisotopic (exact) mass is 403 g/mol. The maximum Gasteiger partial charge on any atom is 0.287 e. The highest BCUT2D eigenvalue weighted by molar-refractivity contribution is 7.90. The Morgan fingerprint density at radius 2 is 1.70 bits per heavy atom. The fourth-order valence-corrected chi connectivity index (χ4v) is 3.48. The van der Waals surface area contributed by atoms with Gasteiger partial charge in [0.05, 0.1) is 16.0 Å². The van der Waals surface area contributed by atoms with Crippen molar-refractivity contribution in [1.82, 2.24) is 5.32 Å². The fraction of sp³-hybridized carbons (Fsp3) is 0.150. The molecule has 1 atom stereocenters. The second-order valence-electron chi connectivity index (χ2n) is 6.18. The zero-order valence-corrected chi connectivity index (χ0v) is 16.3. The lowest BCUT2D eigenvalue weighted by atomic mass is 10.1. The number of sulfone groups is 1. The summed E-state index contributed by atoms with van der Waals surface area (Å²) in [7, 11) is -3.25. The predicted molar refractivity (Wildman–Crippen MR) is 105 cm³/mol. The number of amides is 1. The largest absolute Gasteiger partial charge is 0.451 e. The van der Waals surface area contributed by atoms with Gasteiger partial charge in [0.1, 0.15) is 5.76 Å². The van der Waals surface area contributed by atoms with Gasteiger partial charge in [0.2, 0.25) is 0 Å². The van der Waals surface area contributed by atoms with Crippen LogP contribution < -0.4 is 5.32 Å². The van der Waals surface area contributed by atoms with Gasteiger partial charge in [0, 0.05) is 11.8 Å². The van der Waals surface area contributed by atoms with Crippen LogP contribution in [0.4, 0.5) is 0 Å². The molecule has 2 aromatic carbocycles. The molecule has 0 saturated heterocycles. The van der Waals surface area contributed by atoms with E-state index in [1.54, 1.807) is 30.3 Å². The number of hydrogen-bond acceptors (Lipinski definition) is 4. The quantitative estimate of drug-likeness (QED) is 0.680. The van der Waals surface area contributed by atoms with Crippen LogP contribution in [0.25, 0.3) is 11.3 Å². The summed E-state index contributed by atoms with van der Waals surface area (Å²) < 4.78 is 28.7. The molecule has 0 aliphatic carbocycles. The van der Waals surface area contributed by atoms with Gasteiger partial charge in [-0.15, -0.1) is 0 Å². The van der Waals surface area contributed by atoms with E-state index in [2.05, 4.69) is 5.32 Å². The van der Waals surface area contributed by atoms with E-state index in [9.17, 15) is 13.2 Å². The Balaban J connectivity index is 1.73. The Labute approximate surface area is 162 Å². The van der Waals surface area contributed by atoms with Gasteiger partial charge in [-0.3, -0.25) is 4.79 Å². The van der Waals surface area contributed by atoms with Gasteiger partial charge >= 0.3 is 0 Å². The Morgan fingerprint density at radius 3 is 2.33 bits per heavy atom. The molecule has 0 spiro atoms. The number of carbonyl (C=O) groups excluding carboxylic acids is 1. The summed E-state index contributed by atoms with van der Waals surface area (Å²) in [4.78, 5) is 12.7. The summed E-state index contributed by atoms with van der Waals surface area (Å²) in [6, 6.07) is 16.6. The van der Waals surface area contributed by atoms with Crippen LogP contribution in [0.1, 0.15) is 29.1 Å². The van der Waals surface area contributed by atoms with Gasteiger partial charge in [0.15, 0.2) is 15.6 Å². The van der Waals surface area contributed by atoms with Crippen molar-refractivity contribution >= 4 is 27.3 Å². The maximum absolute atomic E-state index is 12.5. The van der Waals surface area contributed by atoms with E-state index < -0.39 is 9.84 Å². The van der Waals surface area contributed by atoms with Crippen LogP contribution in [-0.2, 0) is 9.84 Å². The summed E-state index contributed by atoms with van der Waals surface area (Å²) in [5.74, 6) is 0.313. The van der Waals surface area contributed by atoms with Crippen LogP contribution in [0.5, 0.6) is 0 Å². The number of rotatable bonds is 5. The SMILES string of the molecule is CC(NC(=O)c1ccc(-c2ccccc2Cl)o1)c1ccc(S(C)(=O)=O)cc1. The molecule has 0 bridgehead atoms. The lowest BCUT2D eigenvalue weighted by Crippen LogP contribution is -2.26. The van der Waals surface area contributed by atoms with Crippen LogP contribution in [-0.4, -0.2) is 20.6 Å². The summed E-state index contributed by atoms with van der Waals surface area (Å²) >= 11 is 6.15. The van der Waals surface area contributed by atoms with Crippen molar-refractivity contribution in [1.29, 1.82) is 0 Å². The van der Waals surface area contributed by atoms with Crippen LogP contribution in [0.2, 0.25) is 5.02 Å². The van der Waals surface area contributed by atoms with Gasteiger partial charge in [-0.25, -0.2) is 8.42 Å². The average molecular weight is 404 g/mol. The van der Waals surface area contributed by atoms with Crippen molar-refractivity contribution in [3.8, 4) is 11.3 Å². The van der Waals surface area contributed by atoms with Crippen molar-refractivity contribution < 1.29 is 17.6 Å². The van der Waals surface area contributed by atoms with E-state index >= 15 is 0 Å². The predicted octanol–water partition coefficient (Wildman–Crippen LogP) is 4.49. The third-order valence-corrected chi connectivity index (χ3v) is 5.58. The smallest absolute Gasteiger partial charge is 0.287 e. The molecule has 1 N–H and O–H groups in total. The summed E-state index contributed by atoms with van der Waals surface area (Å²) in [5.41, 5.74) is 1.50. The molecule has 3 aromatic rings. The number of halogens is 1. The Bertz CT molecular complexity index is 1070. The number of carbonyl (C=O) groups is 1. The third-order valence-electron chi connectivity index (χ3n) is 4.12. The van der Waals surface area contributed by atoms with Crippen LogP contribution in [0.3, 0.4) is 0 Å². The van der Waals surface area contributed by atoms with Crippen LogP contribution in [0, 0.1) is 0 Å². The van der Waals surface area contributed by atoms with E-state index in [1.165, 1.54) is 12.1 Å². The first-order valence-electron chi connectivity index (χ1n) is 8.21. The number of hydrogen-bond donors (Lipinski definition) is 1. The van der Waals surface area contributed by atoms with E-state index in [1.807, 2.05) is 25.1 Å². The number of nitrogens with one attached hydrogen (secondary N) is 1. The van der Waals surface area contributed by atoms with Crippen molar-refractivity contribution in [2.45, 2.75) is 17.9 Å². The van der Waals surface area contributed by atoms with Gasteiger partial charge in [0.25, 0.3) is 5.91 Å². The van der Waals surface area contributed by atoms with Gasteiger partial charge in [-0.05, 0) is 48.9 Å². The summed E-state index contributed by atoms with van der Waals surface area (Å²) in [6.45, 7) is 1.81. The summed E-state index contributed by atoms with van der Waals surface area (Å²) in [6.07, 6.45) is 1.15. The van der Waals surface area contributed by atoms with Crippen molar-refractivity contribution in [2.75, 3.05) is 6.26 Å². The highest BCUT2D eigenvalue weighted by Gasteiger charge is 2.17. The molecule has 7 heteroatoms. The number of benzene rings is 2. The molecule has 140 valence electrons. The zero-order valence-electron chi connectivity index (χ0n) is 14.8. The molecule has 0 aliphatic rings. The highest BCUT2D eigenvalue weighted by atomic mass is 35.5. The molecular formula is C20H18ClNO4S. The standard InChI is InChI=1S/C20H18ClNO4S/c1-13(14-7-9-15(10-8-14)27(2,24)25)22-20(23)19-12-11-18(26-19)16-5-3-4-6-17(16)21/h3-13H,1-2H3,(H,22,23). The first-order valence-corrected chi connectivity index (χ1v) is 10.5. The minimum Gasteiger partial charge on any atom is -0.451 e. The van der Waals surface area contributed by atoms with Crippen LogP contribution >= 0.6 is 11.6 Å². The molecule has 3 rings (SSSR count). The maximum atomic E-state index is 12.5. The fourth-order valence-electron chi connectivity index (χ4n) is 2.62. The molecule has 5 nitrogen and oxygen atoms in total. The molecule has 1 heterocycles. The molecule has 1 unspecified atom stereocenters. The third kappa shape index (κ3) is 4.40. The Kier molecular flexibility index (Phi) is 5.39. The Hall–Kier alpha value is -2.57. The first-order chi connectivity index (χ1) is 12.8. The Morgan fingerprint density at radius 1 is 1.04 bits per heavy atom. The summed E-state index contributed by atoms with van der Waals surface area (Å²) in [5, 5.41) is 3.37. The normalized spacial score (nSPS) is 12.6. The molecule has 1 amide bonds. The second-order valence-corrected chi connectivity index (χ2v) is 8.60.